The Kier molecular flexibility index (Phi) is 3.31. The van der Waals surface area contributed by atoms with Crippen LogP contribution in [0.1, 0.15) is 0 Å². The minimum Gasteiger partial charge on any atom is -0.467 e. The van der Waals surface area contributed by atoms with Gasteiger partial charge in [0.2, 0.25) is 0 Å². The van der Waals surface area contributed by atoms with E-state index in [0.29, 0.717) is 0 Å². The lowest BCUT2D eigenvalue weighted by Crippen LogP contribution is -2.19. The molecule has 0 saturated carbocycles. The summed E-state index contributed by atoms with van der Waals surface area (Å²) in [7, 11) is -3.90. The van der Waals surface area contributed by atoms with Crippen LogP contribution in [0.4, 0.5) is 0 Å². The van der Waals surface area contributed by atoms with Crippen LogP contribution in [0.2, 0.25) is 0 Å². The van der Waals surface area contributed by atoms with Crippen LogP contribution in [-0.2, 0) is 14.1 Å². The molecule has 0 aromatic rings. The minimum atomic E-state index is -4.80. The van der Waals surface area contributed by atoms with Gasteiger partial charge in [-0.1, -0.05) is 0 Å². The first-order valence-electron chi connectivity index (χ1n) is 2.39. The molecule has 0 saturated heterocycles. The molecule has 0 amide bonds. The van der Waals surface area contributed by atoms with E-state index in [1.54, 1.807) is 0 Å². The summed E-state index contributed by atoms with van der Waals surface area (Å²) in [6.45, 7) is 0. The first-order valence-corrected chi connectivity index (χ1v) is 4.07. The van der Waals surface area contributed by atoms with Crippen LogP contribution >= 0.6 is 7.60 Å². The van der Waals surface area contributed by atoms with Crippen molar-refractivity contribution in [2.75, 3.05) is 7.11 Å². The van der Waals surface area contributed by atoms with E-state index in [1.807, 2.05) is 5.18 Å². The number of nitroso groups, excluding NO2 is 1. The van der Waals surface area contributed by atoms with Gasteiger partial charge < -0.3 is 14.5 Å². The summed E-state index contributed by atoms with van der Waals surface area (Å²) in [5, 5.41) is 1.94. The summed E-state index contributed by atoms with van der Waals surface area (Å²) in [5.74, 6) is -3.58. The predicted molar refractivity (Wildman–Crippen MR) is 33.6 cm³/mol. The second-order valence-corrected chi connectivity index (χ2v) is 3.26. The van der Waals surface area contributed by atoms with Crippen molar-refractivity contribution < 1.29 is 23.9 Å². The molecular weight excluding hydrogens is 177 g/mol. The fourth-order valence-corrected chi connectivity index (χ4v) is 0.850. The van der Waals surface area contributed by atoms with Gasteiger partial charge in [0.25, 0.3) is 5.78 Å². The van der Waals surface area contributed by atoms with Gasteiger partial charge in [0, 0.05) is 0 Å². The Labute approximate surface area is 61.5 Å². The van der Waals surface area contributed by atoms with Crippen molar-refractivity contribution in [1.82, 2.24) is 0 Å². The molecule has 1 unspecified atom stereocenters. The molecule has 0 rings (SSSR count). The zero-order valence-corrected chi connectivity index (χ0v) is 6.39. The van der Waals surface area contributed by atoms with Gasteiger partial charge in [0.05, 0.1) is 7.11 Å². The molecule has 7 nitrogen and oxygen atoms in total. The monoisotopic (exact) mass is 183 g/mol. The van der Waals surface area contributed by atoms with Crippen LogP contribution in [0.3, 0.4) is 0 Å². The number of esters is 1. The van der Waals surface area contributed by atoms with Crippen LogP contribution in [-0.4, -0.2) is 28.6 Å². The summed E-state index contributed by atoms with van der Waals surface area (Å²) in [5.41, 5.74) is 0. The van der Waals surface area contributed by atoms with Gasteiger partial charge in [-0.3, -0.25) is 4.57 Å². The molecule has 0 heterocycles. The first-order chi connectivity index (χ1) is 4.93. The third kappa shape index (κ3) is 2.75. The standard InChI is InChI=1S/C3H6NO6P/c1-10-3(5)2(4-6)11(7,8)9/h2H,1H3,(H2,7,8,9). The molecule has 11 heavy (non-hydrogen) atoms. The van der Waals surface area contributed by atoms with E-state index in [1.165, 1.54) is 0 Å². The van der Waals surface area contributed by atoms with Gasteiger partial charge in [-0.15, -0.1) is 4.91 Å². The first kappa shape index (κ1) is 10.2. The Morgan fingerprint density at radius 2 is 2.09 bits per heavy atom. The van der Waals surface area contributed by atoms with E-state index in [-0.39, 0.29) is 0 Å². The van der Waals surface area contributed by atoms with Gasteiger partial charge in [0.1, 0.15) is 0 Å². The number of hydrogen-bond donors (Lipinski definition) is 2. The molecule has 0 aliphatic heterocycles. The third-order valence-corrected chi connectivity index (χ3v) is 1.77. The number of carbonyl (C=O) groups is 1. The lowest BCUT2D eigenvalue weighted by molar-refractivity contribution is -0.140. The number of carbonyl (C=O) groups excluding carboxylic acids is 1. The smallest absolute Gasteiger partial charge is 0.365 e. The van der Waals surface area contributed by atoms with Gasteiger partial charge in [-0.25, -0.2) is 4.79 Å². The fraction of sp³-hybridized carbons (Fsp3) is 0.667. The number of nitrogens with zero attached hydrogens (tertiary/aromatic N) is 1. The van der Waals surface area contributed by atoms with Crippen molar-refractivity contribution in [3.05, 3.63) is 4.91 Å². The normalized spacial score (nSPS) is 13.7. The fourth-order valence-electron chi connectivity index (χ4n) is 0.347. The quantitative estimate of drug-likeness (QED) is 0.344. The number of methoxy groups -OCH3 is 1. The SMILES string of the molecule is COC(=O)C(N=O)P(=O)(O)O. The molecule has 0 aromatic heterocycles. The lowest BCUT2D eigenvalue weighted by atomic mass is 10.7. The highest BCUT2D eigenvalue weighted by Crippen LogP contribution is 2.42. The molecule has 2 N–H and O–H groups in total. The van der Waals surface area contributed by atoms with Crippen molar-refractivity contribution >= 4 is 13.6 Å². The topological polar surface area (TPSA) is 113 Å². The van der Waals surface area contributed by atoms with Crippen molar-refractivity contribution in [3.63, 3.8) is 0 Å². The van der Waals surface area contributed by atoms with Crippen molar-refractivity contribution in [2.24, 2.45) is 5.18 Å². The zero-order chi connectivity index (χ0) is 9.07. The average molecular weight is 183 g/mol. The van der Waals surface area contributed by atoms with E-state index in [2.05, 4.69) is 4.74 Å². The van der Waals surface area contributed by atoms with Crippen molar-refractivity contribution in [1.29, 1.82) is 0 Å². The van der Waals surface area contributed by atoms with Gasteiger partial charge >= 0.3 is 13.6 Å². The minimum absolute atomic E-state index is 0.899. The van der Waals surface area contributed by atoms with Crippen LogP contribution in [0.25, 0.3) is 0 Å². The molecule has 64 valence electrons. The molecule has 0 spiro atoms. The largest absolute Gasteiger partial charge is 0.467 e. The van der Waals surface area contributed by atoms with E-state index < -0.39 is 19.3 Å². The Hall–Kier alpha value is -0.780. The highest BCUT2D eigenvalue weighted by atomic mass is 31.2. The molecule has 0 aromatic carbocycles. The maximum Gasteiger partial charge on any atom is 0.365 e. The van der Waals surface area contributed by atoms with E-state index in [0.717, 1.165) is 7.11 Å². The molecule has 0 radical (unpaired) electrons. The highest BCUT2D eigenvalue weighted by Gasteiger charge is 2.38. The maximum atomic E-state index is 10.4. The summed E-state index contributed by atoms with van der Waals surface area (Å²) < 4.78 is 14.2. The Morgan fingerprint density at radius 1 is 1.64 bits per heavy atom. The van der Waals surface area contributed by atoms with Crippen LogP contribution in [0, 0.1) is 4.91 Å². The molecule has 0 fully saturated rings. The number of ether oxygens (including phenoxy) is 1. The number of rotatable bonds is 3. The number of hydrogen-bond acceptors (Lipinski definition) is 5. The van der Waals surface area contributed by atoms with Gasteiger partial charge in [-0.2, -0.15) is 0 Å². The van der Waals surface area contributed by atoms with Crippen molar-refractivity contribution in [2.45, 2.75) is 5.78 Å². The summed E-state index contributed by atoms with van der Waals surface area (Å²) in [4.78, 5) is 36.7. The summed E-state index contributed by atoms with van der Waals surface area (Å²) in [6, 6.07) is 0. The second-order valence-electron chi connectivity index (χ2n) is 1.59. The summed E-state index contributed by atoms with van der Waals surface area (Å²) >= 11 is 0. The average Bonchev–Trinajstić information content (AvgIpc) is 1.86. The van der Waals surface area contributed by atoms with E-state index >= 15 is 0 Å². The molecule has 1 atom stereocenters. The molecule has 8 heteroatoms. The summed E-state index contributed by atoms with van der Waals surface area (Å²) in [6.07, 6.45) is 0. The Balaban J connectivity index is 4.55. The second kappa shape index (κ2) is 3.56. The van der Waals surface area contributed by atoms with Crippen LogP contribution < -0.4 is 0 Å². The molecule has 0 bridgehead atoms. The van der Waals surface area contributed by atoms with E-state index in [9.17, 15) is 14.3 Å². The van der Waals surface area contributed by atoms with Gasteiger partial charge in [-0.05, 0) is 5.18 Å². The van der Waals surface area contributed by atoms with Crippen LogP contribution in [0.15, 0.2) is 5.18 Å². The Morgan fingerprint density at radius 3 is 2.18 bits per heavy atom. The highest BCUT2D eigenvalue weighted by molar-refractivity contribution is 7.53. The third-order valence-electron chi connectivity index (χ3n) is 0.830. The lowest BCUT2D eigenvalue weighted by Gasteiger charge is -2.07. The van der Waals surface area contributed by atoms with Gasteiger partial charge in [0.15, 0.2) is 0 Å². The Bertz CT molecular complexity index is 208. The molecular formula is C3H6NO6P. The molecule has 0 aliphatic carbocycles. The van der Waals surface area contributed by atoms with Crippen LogP contribution in [0.5, 0.6) is 0 Å². The molecule has 0 aliphatic rings. The van der Waals surface area contributed by atoms with E-state index in [4.69, 9.17) is 9.79 Å². The zero-order valence-electron chi connectivity index (χ0n) is 5.50. The predicted octanol–water partition coefficient (Wildman–Crippen LogP) is -0.570. The maximum absolute atomic E-state index is 10.4. The van der Waals surface area contributed by atoms with Crippen molar-refractivity contribution in [3.8, 4) is 0 Å².